The van der Waals surface area contributed by atoms with E-state index in [0.717, 1.165) is 11.0 Å². The lowest BCUT2D eigenvalue weighted by Crippen LogP contribution is -2.46. The molecule has 8 nitrogen and oxygen atoms in total. The molecule has 1 N–H and O–H groups in total. The maximum atomic E-state index is 14.9. The maximum Gasteiger partial charge on any atom is 0.350 e. The smallest absolute Gasteiger partial charge is 0.350 e. The van der Waals surface area contributed by atoms with E-state index in [1.54, 1.807) is 11.9 Å². The molecular weight excluding hydrogens is 361 g/mol. The molecule has 0 radical (unpaired) electrons. The number of aryl methyl sites for hydroxylation is 2. The van der Waals surface area contributed by atoms with E-state index < -0.39 is 32.3 Å². The minimum atomic E-state index is -3.94. The SMILES string of the molecule is CCCN1c2nc(=O)n(C)c3nc(C)c(F)c(c23)S(=O)(=O)CC1CNC. The van der Waals surface area contributed by atoms with Gasteiger partial charge < -0.3 is 10.2 Å². The van der Waals surface area contributed by atoms with Gasteiger partial charge in [-0.2, -0.15) is 4.98 Å². The Bertz CT molecular complexity index is 1030. The number of anilines is 1. The Morgan fingerprint density at radius 2 is 2.04 bits per heavy atom. The summed E-state index contributed by atoms with van der Waals surface area (Å²) in [6.07, 6.45) is 0.718. The zero-order valence-corrected chi connectivity index (χ0v) is 16.0. The minimum absolute atomic E-state index is 0.0580. The maximum absolute atomic E-state index is 14.9. The fourth-order valence-electron chi connectivity index (χ4n) is 3.43. The first-order valence-corrected chi connectivity index (χ1v) is 10.1. The van der Waals surface area contributed by atoms with Crippen molar-refractivity contribution < 1.29 is 12.8 Å². The van der Waals surface area contributed by atoms with Gasteiger partial charge in [-0.25, -0.2) is 22.6 Å². The van der Waals surface area contributed by atoms with Crippen LogP contribution in [0.4, 0.5) is 10.2 Å². The molecule has 0 saturated carbocycles. The average Bonchev–Trinajstić information content (AvgIpc) is 2.65. The van der Waals surface area contributed by atoms with Gasteiger partial charge in [0.05, 0.1) is 22.9 Å². The van der Waals surface area contributed by atoms with E-state index in [1.807, 2.05) is 6.92 Å². The molecule has 0 amide bonds. The van der Waals surface area contributed by atoms with E-state index in [9.17, 15) is 17.6 Å². The molecule has 0 bridgehead atoms. The first-order chi connectivity index (χ1) is 12.2. The van der Waals surface area contributed by atoms with Gasteiger partial charge in [-0.05, 0) is 20.4 Å². The molecule has 142 valence electrons. The van der Waals surface area contributed by atoms with Crippen molar-refractivity contribution in [1.82, 2.24) is 19.9 Å². The highest BCUT2D eigenvalue weighted by Gasteiger charge is 2.38. The van der Waals surface area contributed by atoms with E-state index >= 15 is 0 Å². The normalized spacial score (nSPS) is 19.0. The van der Waals surface area contributed by atoms with Crippen LogP contribution in [0.15, 0.2) is 9.69 Å². The van der Waals surface area contributed by atoms with Crippen LogP contribution in [0.3, 0.4) is 0 Å². The van der Waals surface area contributed by atoms with Crippen molar-refractivity contribution >= 4 is 26.7 Å². The number of aromatic nitrogens is 3. The number of sulfone groups is 1. The molecule has 0 aromatic carbocycles. The van der Waals surface area contributed by atoms with E-state index in [0.29, 0.717) is 13.1 Å². The van der Waals surface area contributed by atoms with Crippen LogP contribution in [-0.2, 0) is 16.9 Å². The molecular formula is C16H22FN5O3S. The number of likely N-dealkylation sites (N-methyl/N-ethyl adjacent to an activating group) is 1. The van der Waals surface area contributed by atoms with Crippen LogP contribution in [0.1, 0.15) is 19.0 Å². The van der Waals surface area contributed by atoms with Crippen LogP contribution in [-0.4, -0.2) is 54.9 Å². The standard InChI is InChI=1S/C16H22FN5O3S/c1-5-6-22-10(7-18-3)8-26(24,25)13-11-14(19-9(2)12(13)17)21(4)16(23)20-15(11)22/h10,18H,5-8H2,1-4H3. The Kier molecular flexibility index (Phi) is 4.74. The summed E-state index contributed by atoms with van der Waals surface area (Å²) in [5, 5.41) is 3.06. The first kappa shape index (κ1) is 18.7. The van der Waals surface area contributed by atoms with Gasteiger partial charge in [-0.3, -0.25) is 4.57 Å². The monoisotopic (exact) mass is 383 g/mol. The zero-order valence-electron chi connectivity index (χ0n) is 15.2. The molecule has 0 aliphatic carbocycles. The van der Waals surface area contributed by atoms with Crippen LogP contribution >= 0.6 is 0 Å². The number of rotatable bonds is 4. The Hall–Kier alpha value is -2.07. The third kappa shape index (κ3) is 2.77. The molecule has 1 aliphatic heterocycles. The van der Waals surface area contributed by atoms with Crippen molar-refractivity contribution in [3.05, 3.63) is 22.0 Å². The molecule has 26 heavy (non-hydrogen) atoms. The van der Waals surface area contributed by atoms with Gasteiger partial charge in [0.1, 0.15) is 16.4 Å². The van der Waals surface area contributed by atoms with Gasteiger partial charge in [0, 0.05) is 20.1 Å². The molecule has 0 saturated heterocycles. The third-order valence-corrected chi connectivity index (χ3v) is 6.44. The van der Waals surface area contributed by atoms with E-state index in [1.165, 1.54) is 14.0 Å². The van der Waals surface area contributed by atoms with Crippen molar-refractivity contribution in [2.24, 2.45) is 7.05 Å². The second-order valence-corrected chi connectivity index (χ2v) is 8.47. The summed E-state index contributed by atoms with van der Waals surface area (Å²) in [5.41, 5.74) is -0.485. The largest absolute Gasteiger partial charge is 0.351 e. The fraction of sp³-hybridized carbons (Fsp3) is 0.562. The number of pyridine rings is 1. The second-order valence-electron chi connectivity index (χ2n) is 6.50. The van der Waals surface area contributed by atoms with Gasteiger partial charge in [0.15, 0.2) is 15.7 Å². The Morgan fingerprint density at radius 3 is 2.65 bits per heavy atom. The molecule has 1 aliphatic rings. The fourth-order valence-corrected chi connectivity index (χ4v) is 5.31. The molecule has 2 aromatic rings. The van der Waals surface area contributed by atoms with Crippen LogP contribution in [0.2, 0.25) is 0 Å². The average molecular weight is 383 g/mol. The van der Waals surface area contributed by atoms with Crippen LogP contribution in [0, 0.1) is 12.7 Å². The van der Waals surface area contributed by atoms with Crippen LogP contribution in [0.25, 0.3) is 11.0 Å². The molecule has 1 atom stereocenters. The number of hydrogen-bond donors (Lipinski definition) is 1. The summed E-state index contributed by atoms with van der Waals surface area (Å²) in [7, 11) is -0.772. The van der Waals surface area contributed by atoms with Crippen molar-refractivity contribution in [2.45, 2.75) is 31.2 Å². The summed E-state index contributed by atoms with van der Waals surface area (Å²) >= 11 is 0. The van der Waals surface area contributed by atoms with E-state index in [4.69, 9.17) is 0 Å². The van der Waals surface area contributed by atoms with Crippen LogP contribution in [0.5, 0.6) is 0 Å². The predicted molar refractivity (Wildman–Crippen MR) is 96.9 cm³/mol. The molecule has 0 fully saturated rings. The molecule has 0 spiro atoms. The van der Waals surface area contributed by atoms with Crippen molar-refractivity contribution in [2.75, 3.05) is 30.8 Å². The van der Waals surface area contributed by atoms with Crippen LogP contribution < -0.4 is 15.9 Å². The molecule has 3 rings (SSSR count). The summed E-state index contributed by atoms with van der Waals surface area (Å²) in [5.74, 6) is -0.953. The van der Waals surface area contributed by atoms with E-state index in [-0.39, 0.29) is 28.3 Å². The lowest BCUT2D eigenvalue weighted by atomic mass is 10.2. The van der Waals surface area contributed by atoms with Gasteiger partial charge in [-0.15, -0.1) is 0 Å². The summed E-state index contributed by atoms with van der Waals surface area (Å²) in [6.45, 7) is 4.19. The zero-order chi connectivity index (χ0) is 19.2. The Balaban J connectivity index is 2.53. The molecule has 2 aromatic heterocycles. The minimum Gasteiger partial charge on any atom is -0.351 e. The van der Waals surface area contributed by atoms with Crippen molar-refractivity contribution in [3.8, 4) is 0 Å². The summed E-state index contributed by atoms with van der Waals surface area (Å²) in [4.78, 5) is 22.0. The lowest BCUT2D eigenvalue weighted by molar-refractivity contribution is 0.548. The highest BCUT2D eigenvalue weighted by Crippen LogP contribution is 2.36. The summed E-state index contributed by atoms with van der Waals surface area (Å²) in [6, 6.07) is -0.472. The van der Waals surface area contributed by atoms with Gasteiger partial charge in [0.25, 0.3) is 0 Å². The molecule has 1 unspecified atom stereocenters. The van der Waals surface area contributed by atoms with Gasteiger partial charge >= 0.3 is 5.69 Å². The van der Waals surface area contributed by atoms with E-state index in [2.05, 4.69) is 15.3 Å². The number of nitrogens with zero attached hydrogens (tertiary/aromatic N) is 4. The first-order valence-electron chi connectivity index (χ1n) is 8.43. The predicted octanol–water partition coefficient (Wildman–Crippen LogP) is 0.368. The number of halogens is 1. The van der Waals surface area contributed by atoms with Gasteiger partial charge in [-0.1, -0.05) is 6.92 Å². The number of hydrogen-bond acceptors (Lipinski definition) is 7. The number of nitrogens with one attached hydrogen (secondary N) is 1. The highest BCUT2D eigenvalue weighted by atomic mass is 32.2. The second kappa shape index (κ2) is 6.58. The lowest BCUT2D eigenvalue weighted by Gasteiger charge is -2.31. The third-order valence-electron chi connectivity index (χ3n) is 4.61. The summed E-state index contributed by atoms with van der Waals surface area (Å²) < 4.78 is 42.1. The van der Waals surface area contributed by atoms with Gasteiger partial charge in [0.2, 0.25) is 0 Å². The highest BCUT2D eigenvalue weighted by molar-refractivity contribution is 7.91. The van der Waals surface area contributed by atoms with Crippen molar-refractivity contribution in [1.29, 1.82) is 0 Å². The molecule has 3 heterocycles. The molecule has 10 heteroatoms. The quantitative estimate of drug-likeness (QED) is 0.814. The van der Waals surface area contributed by atoms with Crippen molar-refractivity contribution in [3.63, 3.8) is 0 Å². The Labute approximate surface area is 151 Å². The topological polar surface area (TPSA) is 97.2 Å². The Morgan fingerprint density at radius 1 is 1.35 bits per heavy atom.